The molecular weight excluding hydrogens is 576 g/mol. The fourth-order valence-corrected chi connectivity index (χ4v) is 7.32. The van der Waals surface area contributed by atoms with Crippen LogP contribution in [0.15, 0.2) is 120 Å². The lowest BCUT2D eigenvalue weighted by Crippen LogP contribution is -2.10. The minimum absolute atomic E-state index is 0.0693. The largest absolute Gasteiger partial charge is 0.455 e. The van der Waals surface area contributed by atoms with E-state index in [4.69, 9.17) is 4.42 Å². The maximum atomic E-state index is 10.7. The molecular formula is C42H28N4O. The standard InChI is InChI=1S/C42H28N4O/c1-42(2,3)27-16-18-35-32(22-27)40-36(19-17-31-30-12-6-9-15-39(30)47-41(31)40)46(35)38-21-25(23-43)37(20-26(38)24-44)45-33-13-7-4-10-28(33)29-11-5-8-14-34(29)45/h4-22H,1-3H3. The normalized spacial score (nSPS) is 12.1. The number of benzene rings is 6. The molecule has 3 heterocycles. The quantitative estimate of drug-likeness (QED) is 0.197. The van der Waals surface area contributed by atoms with Crippen molar-refractivity contribution in [2.75, 3.05) is 0 Å². The minimum atomic E-state index is -0.0693. The summed E-state index contributed by atoms with van der Waals surface area (Å²) < 4.78 is 10.8. The molecule has 0 atom stereocenters. The van der Waals surface area contributed by atoms with Crippen LogP contribution in [-0.2, 0) is 5.41 Å². The van der Waals surface area contributed by atoms with Gasteiger partial charge in [-0.2, -0.15) is 10.5 Å². The zero-order valence-electron chi connectivity index (χ0n) is 26.2. The van der Waals surface area contributed by atoms with Crippen LogP contribution in [0.2, 0.25) is 0 Å². The molecule has 47 heavy (non-hydrogen) atoms. The summed E-state index contributed by atoms with van der Waals surface area (Å²) in [6.07, 6.45) is 0. The van der Waals surface area contributed by atoms with Gasteiger partial charge in [-0.3, -0.25) is 0 Å². The number of aromatic nitrogens is 2. The van der Waals surface area contributed by atoms with E-state index in [0.717, 1.165) is 65.6 Å². The number of para-hydroxylation sites is 3. The Morgan fingerprint density at radius 1 is 0.532 bits per heavy atom. The lowest BCUT2D eigenvalue weighted by atomic mass is 9.86. The van der Waals surface area contributed by atoms with E-state index in [2.05, 4.69) is 103 Å². The average Bonchev–Trinajstić information content (AvgIpc) is 3.74. The second-order valence-electron chi connectivity index (χ2n) is 13.2. The van der Waals surface area contributed by atoms with Gasteiger partial charge in [0.2, 0.25) is 0 Å². The molecule has 9 rings (SSSR count). The smallest absolute Gasteiger partial charge is 0.145 e. The third kappa shape index (κ3) is 3.75. The van der Waals surface area contributed by atoms with E-state index in [1.54, 1.807) is 0 Å². The second kappa shape index (κ2) is 9.60. The van der Waals surface area contributed by atoms with E-state index in [1.165, 1.54) is 5.56 Å². The molecule has 0 aliphatic carbocycles. The van der Waals surface area contributed by atoms with E-state index in [0.29, 0.717) is 22.5 Å². The average molecular weight is 605 g/mol. The van der Waals surface area contributed by atoms with Gasteiger partial charge in [-0.05, 0) is 65.6 Å². The van der Waals surface area contributed by atoms with Crippen LogP contribution in [0.1, 0.15) is 37.5 Å². The van der Waals surface area contributed by atoms with E-state index < -0.39 is 0 Å². The van der Waals surface area contributed by atoms with Gasteiger partial charge in [0, 0.05) is 26.9 Å². The lowest BCUT2D eigenvalue weighted by Gasteiger charge is -2.19. The van der Waals surface area contributed by atoms with Gasteiger partial charge >= 0.3 is 0 Å². The van der Waals surface area contributed by atoms with Crippen molar-refractivity contribution in [2.24, 2.45) is 0 Å². The number of rotatable bonds is 2. The van der Waals surface area contributed by atoms with Gasteiger partial charge in [-0.25, -0.2) is 0 Å². The molecule has 0 radical (unpaired) electrons. The van der Waals surface area contributed by atoms with Crippen molar-refractivity contribution >= 4 is 65.6 Å². The molecule has 3 aromatic heterocycles. The molecule has 0 saturated carbocycles. The SMILES string of the molecule is CC(C)(C)c1ccc2c(c1)c1c3oc4ccccc4c3ccc1n2-c1cc(C#N)c(-n2c3ccccc3c3ccccc32)cc1C#N. The molecule has 0 fully saturated rings. The molecule has 6 aromatic carbocycles. The summed E-state index contributed by atoms with van der Waals surface area (Å²) in [6.45, 7) is 6.64. The van der Waals surface area contributed by atoms with Crippen molar-refractivity contribution in [2.45, 2.75) is 26.2 Å². The monoisotopic (exact) mass is 604 g/mol. The Kier molecular flexibility index (Phi) is 5.52. The van der Waals surface area contributed by atoms with E-state index >= 15 is 0 Å². The van der Waals surface area contributed by atoms with Crippen LogP contribution in [0.4, 0.5) is 0 Å². The predicted octanol–water partition coefficient (Wildman–Crippen LogP) is 10.8. The Hall–Kier alpha value is -6.30. The van der Waals surface area contributed by atoms with Crippen LogP contribution in [0, 0.1) is 22.7 Å². The van der Waals surface area contributed by atoms with Gasteiger partial charge in [0.1, 0.15) is 23.3 Å². The van der Waals surface area contributed by atoms with Crippen molar-refractivity contribution in [3.63, 3.8) is 0 Å². The second-order valence-corrected chi connectivity index (χ2v) is 13.2. The Bertz CT molecular complexity index is 2800. The number of hydrogen-bond donors (Lipinski definition) is 0. The summed E-state index contributed by atoms with van der Waals surface area (Å²) in [6, 6.07) is 44.0. The predicted molar refractivity (Wildman–Crippen MR) is 191 cm³/mol. The lowest BCUT2D eigenvalue weighted by molar-refractivity contribution is 0.591. The van der Waals surface area contributed by atoms with Crippen molar-refractivity contribution in [1.29, 1.82) is 10.5 Å². The molecule has 0 aliphatic rings. The van der Waals surface area contributed by atoms with Crippen LogP contribution in [0.3, 0.4) is 0 Å². The molecule has 0 amide bonds. The molecule has 5 heteroatoms. The van der Waals surface area contributed by atoms with Gasteiger partial charge in [-0.15, -0.1) is 0 Å². The third-order valence-corrected chi connectivity index (χ3v) is 9.56. The number of hydrogen-bond acceptors (Lipinski definition) is 3. The number of nitriles is 2. The molecule has 5 nitrogen and oxygen atoms in total. The van der Waals surface area contributed by atoms with Crippen LogP contribution in [-0.4, -0.2) is 9.13 Å². The first-order valence-corrected chi connectivity index (χ1v) is 15.7. The van der Waals surface area contributed by atoms with Gasteiger partial charge in [-0.1, -0.05) is 81.4 Å². The Morgan fingerprint density at radius 2 is 1.06 bits per heavy atom. The van der Waals surface area contributed by atoms with Crippen LogP contribution >= 0.6 is 0 Å². The molecule has 0 N–H and O–H groups in total. The fraction of sp³-hybridized carbons (Fsp3) is 0.0952. The summed E-state index contributed by atoms with van der Waals surface area (Å²) >= 11 is 0. The number of furan rings is 1. The summed E-state index contributed by atoms with van der Waals surface area (Å²) in [5.74, 6) is 0. The summed E-state index contributed by atoms with van der Waals surface area (Å²) in [7, 11) is 0. The van der Waals surface area contributed by atoms with Crippen molar-refractivity contribution in [3.8, 4) is 23.5 Å². The first-order valence-electron chi connectivity index (χ1n) is 15.7. The van der Waals surface area contributed by atoms with Crippen LogP contribution in [0.5, 0.6) is 0 Å². The summed E-state index contributed by atoms with van der Waals surface area (Å²) in [4.78, 5) is 0. The highest BCUT2D eigenvalue weighted by Crippen LogP contribution is 2.43. The van der Waals surface area contributed by atoms with E-state index in [9.17, 15) is 10.5 Å². The fourth-order valence-electron chi connectivity index (χ4n) is 7.32. The maximum absolute atomic E-state index is 10.7. The molecule has 0 spiro atoms. The minimum Gasteiger partial charge on any atom is -0.455 e. The third-order valence-electron chi connectivity index (χ3n) is 9.56. The van der Waals surface area contributed by atoms with Gasteiger partial charge in [0.05, 0.1) is 50.0 Å². The molecule has 0 unspecified atom stereocenters. The van der Waals surface area contributed by atoms with E-state index in [-0.39, 0.29) is 5.41 Å². The number of fused-ring (bicyclic) bond motifs is 10. The Morgan fingerprint density at radius 3 is 1.68 bits per heavy atom. The van der Waals surface area contributed by atoms with Gasteiger partial charge < -0.3 is 13.6 Å². The molecule has 0 aliphatic heterocycles. The topological polar surface area (TPSA) is 70.6 Å². The van der Waals surface area contributed by atoms with Crippen molar-refractivity contribution in [1.82, 2.24) is 9.13 Å². The Labute approximate surface area is 270 Å². The highest BCUT2D eigenvalue weighted by Gasteiger charge is 2.24. The zero-order chi connectivity index (χ0) is 32.0. The molecule has 222 valence electrons. The zero-order valence-corrected chi connectivity index (χ0v) is 26.2. The van der Waals surface area contributed by atoms with Crippen LogP contribution < -0.4 is 0 Å². The first kappa shape index (κ1) is 27.0. The maximum Gasteiger partial charge on any atom is 0.145 e. The highest BCUT2D eigenvalue weighted by molar-refractivity contribution is 6.24. The highest BCUT2D eigenvalue weighted by atomic mass is 16.3. The van der Waals surface area contributed by atoms with Crippen molar-refractivity contribution in [3.05, 3.63) is 132 Å². The Balaban J connectivity index is 1.40. The summed E-state index contributed by atoms with van der Waals surface area (Å²) in [5, 5.41) is 27.7. The van der Waals surface area contributed by atoms with Gasteiger partial charge in [0.25, 0.3) is 0 Å². The molecule has 9 aromatic rings. The van der Waals surface area contributed by atoms with E-state index in [1.807, 2.05) is 54.6 Å². The number of nitrogens with zero attached hydrogens (tertiary/aromatic N) is 4. The first-order chi connectivity index (χ1) is 22.9. The summed E-state index contributed by atoms with van der Waals surface area (Å²) in [5.41, 5.74) is 8.93. The van der Waals surface area contributed by atoms with Crippen LogP contribution in [0.25, 0.3) is 76.9 Å². The van der Waals surface area contributed by atoms with Gasteiger partial charge in [0.15, 0.2) is 0 Å². The molecule has 0 bridgehead atoms. The van der Waals surface area contributed by atoms with Crippen molar-refractivity contribution < 1.29 is 4.42 Å². The molecule has 0 saturated heterocycles.